The maximum absolute atomic E-state index is 12.7. The molecule has 1 aromatic rings. The number of hydrogen-bond acceptors (Lipinski definition) is 2. The first-order chi connectivity index (χ1) is 5.24. The number of rotatable bonds is 1. The fraction of sp³-hybridized carbons (Fsp3) is 0.143. The van der Waals surface area contributed by atoms with Crippen molar-refractivity contribution < 1.29 is 4.39 Å². The fourth-order valence-corrected chi connectivity index (χ4v) is 0.852. The van der Waals surface area contributed by atoms with Gasteiger partial charge in [0, 0.05) is 5.56 Å². The van der Waals surface area contributed by atoms with Gasteiger partial charge in [-0.05, 0) is 6.07 Å². The Kier molecular flexibility index (Phi) is 2.40. The summed E-state index contributed by atoms with van der Waals surface area (Å²) in [7, 11) is 0. The van der Waals surface area contributed by atoms with Crippen molar-refractivity contribution in [2.45, 2.75) is 6.42 Å². The molecule has 1 heterocycles. The van der Waals surface area contributed by atoms with E-state index in [-0.39, 0.29) is 17.1 Å². The standard InChI is InChI=1S/C7H4ClFN2/c8-7-3-5(1-2-10)6(9)4-11-7/h3-4H,1H2. The number of pyridine rings is 1. The lowest BCUT2D eigenvalue weighted by molar-refractivity contribution is 0.608. The van der Waals surface area contributed by atoms with E-state index in [9.17, 15) is 4.39 Å². The van der Waals surface area contributed by atoms with Crippen LogP contribution in [0.2, 0.25) is 5.15 Å². The Balaban J connectivity index is 3.05. The van der Waals surface area contributed by atoms with Crippen LogP contribution >= 0.6 is 11.6 Å². The molecule has 0 aliphatic carbocycles. The highest BCUT2D eigenvalue weighted by atomic mass is 35.5. The van der Waals surface area contributed by atoms with Crippen LogP contribution in [0.1, 0.15) is 5.56 Å². The highest BCUT2D eigenvalue weighted by Gasteiger charge is 2.01. The number of nitrogens with zero attached hydrogens (tertiary/aromatic N) is 2. The van der Waals surface area contributed by atoms with Gasteiger partial charge in [-0.25, -0.2) is 9.37 Å². The zero-order valence-corrected chi connectivity index (χ0v) is 6.27. The van der Waals surface area contributed by atoms with Crippen molar-refractivity contribution in [3.05, 3.63) is 28.8 Å². The van der Waals surface area contributed by atoms with Crippen LogP contribution in [-0.2, 0) is 6.42 Å². The molecule has 2 nitrogen and oxygen atoms in total. The van der Waals surface area contributed by atoms with Crippen molar-refractivity contribution in [1.29, 1.82) is 5.26 Å². The van der Waals surface area contributed by atoms with Gasteiger partial charge < -0.3 is 0 Å². The molecule has 0 spiro atoms. The van der Waals surface area contributed by atoms with E-state index < -0.39 is 5.82 Å². The Morgan fingerprint density at radius 2 is 2.45 bits per heavy atom. The van der Waals surface area contributed by atoms with Gasteiger partial charge in [0.05, 0.1) is 18.7 Å². The zero-order chi connectivity index (χ0) is 8.27. The van der Waals surface area contributed by atoms with E-state index in [2.05, 4.69) is 4.98 Å². The normalized spacial score (nSPS) is 9.18. The predicted octanol–water partition coefficient (Wildman–Crippen LogP) is 1.94. The lowest BCUT2D eigenvalue weighted by Gasteiger charge is -1.95. The molecule has 0 fully saturated rings. The van der Waals surface area contributed by atoms with Crippen molar-refractivity contribution in [3.8, 4) is 6.07 Å². The molecule has 0 aliphatic rings. The second-order valence-electron chi connectivity index (χ2n) is 1.93. The van der Waals surface area contributed by atoms with Gasteiger partial charge in [0.15, 0.2) is 0 Å². The summed E-state index contributed by atoms with van der Waals surface area (Å²) >= 11 is 5.47. The van der Waals surface area contributed by atoms with Crippen LogP contribution in [0.3, 0.4) is 0 Å². The van der Waals surface area contributed by atoms with Crippen LogP contribution in [0, 0.1) is 17.1 Å². The topological polar surface area (TPSA) is 36.7 Å². The molecule has 0 saturated heterocycles. The lowest BCUT2D eigenvalue weighted by Crippen LogP contribution is -1.89. The fourth-order valence-electron chi connectivity index (χ4n) is 0.672. The van der Waals surface area contributed by atoms with Crippen LogP contribution < -0.4 is 0 Å². The lowest BCUT2D eigenvalue weighted by atomic mass is 10.2. The Morgan fingerprint density at radius 3 is 3.09 bits per heavy atom. The minimum atomic E-state index is -0.490. The van der Waals surface area contributed by atoms with E-state index in [1.54, 1.807) is 0 Å². The Morgan fingerprint density at radius 1 is 1.73 bits per heavy atom. The molecule has 1 rings (SSSR count). The zero-order valence-electron chi connectivity index (χ0n) is 5.51. The number of aromatic nitrogens is 1. The summed E-state index contributed by atoms with van der Waals surface area (Å²) in [5, 5.41) is 8.46. The van der Waals surface area contributed by atoms with Crippen molar-refractivity contribution in [1.82, 2.24) is 4.98 Å². The summed E-state index contributed by atoms with van der Waals surface area (Å²) < 4.78 is 12.7. The molecule has 0 aromatic carbocycles. The largest absolute Gasteiger partial charge is 0.242 e. The number of nitriles is 1. The Bertz CT molecular complexity index is 306. The molecule has 0 amide bonds. The third kappa shape index (κ3) is 1.89. The van der Waals surface area contributed by atoms with Gasteiger partial charge in [-0.2, -0.15) is 5.26 Å². The molecule has 4 heteroatoms. The van der Waals surface area contributed by atoms with E-state index in [1.807, 2.05) is 6.07 Å². The van der Waals surface area contributed by atoms with Crippen LogP contribution in [0.4, 0.5) is 4.39 Å². The molecule has 1 aromatic heterocycles. The Hall–Kier alpha value is -1.14. The SMILES string of the molecule is N#CCc1cc(Cl)ncc1F. The minimum Gasteiger partial charge on any atom is -0.242 e. The van der Waals surface area contributed by atoms with E-state index >= 15 is 0 Å². The summed E-state index contributed by atoms with van der Waals surface area (Å²) in [6.07, 6.45) is 1.03. The quantitative estimate of drug-likeness (QED) is 0.604. The summed E-state index contributed by atoms with van der Waals surface area (Å²) in [6.45, 7) is 0. The summed E-state index contributed by atoms with van der Waals surface area (Å²) in [5.74, 6) is -0.490. The highest BCUT2D eigenvalue weighted by Crippen LogP contribution is 2.11. The van der Waals surface area contributed by atoms with Crippen molar-refractivity contribution >= 4 is 11.6 Å². The van der Waals surface area contributed by atoms with Crippen molar-refractivity contribution in [2.75, 3.05) is 0 Å². The predicted molar refractivity (Wildman–Crippen MR) is 38.5 cm³/mol. The number of hydrogen-bond donors (Lipinski definition) is 0. The van der Waals surface area contributed by atoms with Gasteiger partial charge in [-0.1, -0.05) is 11.6 Å². The van der Waals surface area contributed by atoms with E-state index in [1.165, 1.54) is 6.07 Å². The van der Waals surface area contributed by atoms with Gasteiger partial charge in [-0.3, -0.25) is 0 Å². The summed E-state index contributed by atoms with van der Waals surface area (Å²) in [4.78, 5) is 3.50. The number of halogens is 2. The first kappa shape index (κ1) is 7.96. The summed E-state index contributed by atoms with van der Waals surface area (Å²) in [6, 6.07) is 3.17. The van der Waals surface area contributed by atoms with Crippen molar-refractivity contribution in [3.63, 3.8) is 0 Å². The van der Waals surface area contributed by atoms with Crippen LogP contribution in [0.25, 0.3) is 0 Å². The molecule has 0 unspecified atom stereocenters. The van der Waals surface area contributed by atoms with Gasteiger partial charge >= 0.3 is 0 Å². The second-order valence-corrected chi connectivity index (χ2v) is 2.32. The first-order valence-corrected chi connectivity index (χ1v) is 3.28. The third-order valence-corrected chi connectivity index (χ3v) is 1.38. The van der Waals surface area contributed by atoms with E-state index in [0.717, 1.165) is 6.20 Å². The average molecular weight is 171 g/mol. The van der Waals surface area contributed by atoms with E-state index in [4.69, 9.17) is 16.9 Å². The monoisotopic (exact) mass is 170 g/mol. The third-order valence-electron chi connectivity index (χ3n) is 1.17. The van der Waals surface area contributed by atoms with Crippen molar-refractivity contribution in [2.24, 2.45) is 0 Å². The molecule has 0 N–H and O–H groups in total. The smallest absolute Gasteiger partial charge is 0.145 e. The Labute approximate surface area is 68.2 Å². The molecule has 0 radical (unpaired) electrons. The molecule has 0 aliphatic heterocycles. The molecule has 0 bridgehead atoms. The maximum atomic E-state index is 12.7. The first-order valence-electron chi connectivity index (χ1n) is 2.91. The second kappa shape index (κ2) is 3.31. The van der Waals surface area contributed by atoms with Gasteiger partial charge in [0.1, 0.15) is 11.0 Å². The van der Waals surface area contributed by atoms with Crippen LogP contribution in [0.5, 0.6) is 0 Å². The van der Waals surface area contributed by atoms with E-state index in [0.29, 0.717) is 0 Å². The maximum Gasteiger partial charge on any atom is 0.145 e. The molecule has 11 heavy (non-hydrogen) atoms. The van der Waals surface area contributed by atoms with Gasteiger partial charge in [-0.15, -0.1) is 0 Å². The minimum absolute atomic E-state index is 0.0219. The molecule has 0 saturated carbocycles. The van der Waals surface area contributed by atoms with Gasteiger partial charge in [0.2, 0.25) is 0 Å². The molecular weight excluding hydrogens is 167 g/mol. The van der Waals surface area contributed by atoms with Crippen LogP contribution in [0.15, 0.2) is 12.3 Å². The highest BCUT2D eigenvalue weighted by molar-refractivity contribution is 6.29. The molecule has 56 valence electrons. The average Bonchev–Trinajstić information content (AvgIpc) is 1.98. The summed E-state index contributed by atoms with van der Waals surface area (Å²) in [5.41, 5.74) is 0.285. The van der Waals surface area contributed by atoms with Crippen LogP contribution in [-0.4, -0.2) is 4.98 Å². The molecule has 0 atom stereocenters. The molecular formula is C7H4ClFN2. The van der Waals surface area contributed by atoms with Gasteiger partial charge in [0.25, 0.3) is 0 Å².